The van der Waals surface area contributed by atoms with Crippen LogP contribution in [0.4, 0.5) is 10.2 Å². The third kappa shape index (κ3) is 9.33. The second kappa shape index (κ2) is 17.8. The molecule has 2 amide bonds. The highest BCUT2D eigenvalue weighted by atomic mass is 127. The molecule has 0 unspecified atom stereocenters. The van der Waals surface area contributed by atoms with Crippen molar-refractivity contribution in [3.8, 4) is 11.1 Å². The van der Waals surface area contributed by atoms with Crippen LogP contribution in [0.25, 0.3) is 22.0 Å². The van der Waals surface area contributed by atoms with Gasteiger partial charge in [-0.3, -0.25) is 14.3 Å². The molecule has 0 aliphatic heterocycles. The van der Waals surface area contributed by atoms with Gasteiger partial charge in [0.25, 0.3) is 5.91 Å². The van der Waals surface area contributed by atoms with Crippen LogP contribution in [-0.4, -0.2) is 38.3 Å². The van der Waals surface area contributed by atoms with Gasteiger partial charge in [0.2, 0.25) is 6.41 Å². The molecule has 3 heterocycles. The van der Waals surface area contributed by atoms with E-state index in [1.54, 1.807) is 29.9 Å². The summed E-state index contributed by atoms with van der Waals surface area (Å²) in [6, 6.07) is 7.28. The average molecular weight is 725 g/mol. The maximum Gasteiger partial charge on any atom is 0.273 e. The van der Waals surface area contributed by atoms with Crippen molar-refractivity contribution in [1.82, 2.24) is 25.2 Å². The van der Waals surface area contributed by atoms with Crippen LogP contribution in [0.1, 0.15) is 109 Å². The van der Waals surface area contributed by atoms with Crippen molar-refractivity contribution in [3.05, 3.63) is 59.0 Å². The average Bonchev–Trinajstić information content (AvgIpc) is 3.59. The number of aryl methyl sites for hydroxylation is 3. The summed E-state index contributed by atoms with van der Waals surface area (Å²) in [5.41, 5.74) is 4.45. The van der Waals surface area contributed by atoms with Gasteiger partial charge in [0.15, 0.2) is 11.5 Å². The van der Waals surface area contributed by atoms with Crippen LogP contribution in [0.3, 0.4) is 0 Å². The van der Waals surface area contributed by atoms with E-state index in [4.69, 9.17) is 4.52 Å². The number of benzene rings is 1. The van der Waals surface area contributed by atoms with E-state index in [1.807, 2.05) is 27.0 Å². The Morgan fingerprint density at radius 2 is 1.89 bits per heavy atom. The second-order valence-corrected chi connectivity index (χ2v) is 10.9. The summed E-state index contributed by atoms with van der Waals surface area (Å²) in [5, 5.41) is 14.4. The Morgan fingerprint density at radius 1 is 1.18 bits per heavy atom. The number of amides is 2. The number of nitrogens with zero attached hydrogens (tertiary/aromatic N) is 4. The first kappa shape index (κ1) is 36.8. The van der Waals surface area contributed by atoms with Crippen LogP contribution in [0, 0.1) is 12.7 Å². The van der Waals surface area contributed by atoms with Crippen LogP contribution in [0.5, 0.6) is 0 Å². The zero-order chi connectivity index (χ0) is 31.5. The fourth-order valence-corrected chi connectivity index (χ4v) is 5.45. The third-order valence-corrected chi connectivity index (χ3v) is 7.31. The SMILES string of the molecule is CC.CCCc1cnc(NC=O)cc1-c1cc(F)c2nn(C)c(C(C)C)c2c1.Cc1cc(C(=O)NC2CCCCC2)no1.I.[HH].[HH]. The summed E-state index contributed by atoms with van der Waals surface area (Å²) in [5.74, 6) is 0.886. The number of aromatic nitrogens is 4. The molecule has 3 aromatic heterocycles. The van der Waals surface area contributed by atoms with Crippen LogP contribution in [0.2, 0.25) is 0 Å². The molecular formula is C33H50FIN6O3. The first-order valence-electron chi connectivity index (χ1n) is 15.3. The molecule has 1 fully saturated rings. The van der Waals surface area contributed by atoms with E-state index in [0.29, 0.717) is 35.2 Å². The van der Waals surface area contributed by atoms with E-state index in [0.717, 1.165) is 53.5 Å². The molecule has 0 atom stereocenters. The van der Waals surface area contributed by atoms with Crippen molar-refractivity contribution < 1.29 is 21.4 Å². The highest BCUT2D eigenvalue weighted by molar-refractivity contribution is 14.0. The monoisotopic (exact) mass is 724 g/mol. The Kier molecular flexibility index (Phi) is 14.9. The van der Waals surface area contributed by atoms with Crippen molar-refractivity contribution in [2.75, 3.05) is 5.32 Å². The van der Waals surface area contributed by atoms with E-state index >= 15 is 0 Å². The zero-order valence-corrected chi connectivity index (χ0v) is 29.2. The molecule has 4 aromatic rings. The van der Waals surface area contributed by atoms with E-state index in [1.165, 1.54) is 25.3 Å². The van der Waals surface area contributed by atoms with Crippen molar-refractivity contribution in [1.29, 1.82) is 0 Å². The minimum absolute atomic E-state index is 0. The first-order chi connectivity index (χ1) is 20.7. The maximum atomic E-state index is 14.8. The van der Waals surface area contributed by atoms with Gasteiger partial charge in [-0.1, -0.05) is 65.5 Å². The van der Waals surface area contributed by atoms with Crippen molar-refractivity contribution in [2.24, 2.45) is 7.05 Å². The van der Waals surface area contributed by atoms with Gasteiger partial charge in [0.1, 0.15) is 17.1 Å². The second-order valence-electron chi connectivity index (χ2n) is 10.9. The maximum absolute atomic E-state index is 14.8. The lowest BCUT2D eigenvalue weighted by atomic mass is 9.95. The summed E-state index contributed by atoms with van der Waals surface area (Å²) < 4.78 is 21.4. The van der Waals surface area contributed by atoms with Crippen LogP contribution < -0.4 is 10.6 Å². The molecule has 44 heavy (non-hydrogen) atoms. The molecule has 1 aliphatic carbocycles. The number of halogens is 2. The Labute approximate surface area is 279 Å². The van der Waals surface area contributed by atoms with Gasteiger partial charge in [-0.15, -0.1) is 24.0 Å². The van der Waals surface area contributed by atoms with Gasteiger partial charge in [-0.2, -0.15) is 5.10 Å². The first-order valence-corrected chi connectivity index (χ1v) is 15.3. The number of hydrogen-bond acceptors (Lipinski definition) is 6. The molecule has 1 saturated carbocycles. The molecule has 0 radical (unpaired) electrons. The molecule has 11 heteroatoms. The molecule has 1 aromatic carbocycles. The summed E-state index contributed by atoms with van der Waals surface area (Å²) in [6.45, 7) is 12.0. The van der Waals surface area contributed by atoms with E-state index < -0.39 is 0 Å². The van der Waals surface area contributed by atoms with E-state index in [2.05, 4.69) is 46.6 Å². The summed E-state index contributed by atoms with van der Waals surface area (Å²) in [7, 11) is 1.84. The quantitative estimate of drug-likeness (QED) is 0.139. The number of hydrogen-bond donors (Lipinski definition) is 2. The van der Waals surface area contributed by atoms with Crippen molar-refractivity contribution in [3.63, 3.8) is 0 Å². The molecule has 2 N–H and O–H groups in total. The van der Waals surface area contributed by atoms with Crippen molar-refractivity contribution >= 4 is 53.0 Å². The molecule has 244 valence electrons. The predicted octanol–water partition coefficient (Wildman–Crippen LogP) is 8.60. The highest BCUT2D eigenvalue weighted by Crippen LogP contribution is 2.34. The number of rotatable bonds is 8. The largest absolute Gasteiger partial charge is 0.361 e. The lowest BCUT2D eigenvalue weighted by molar-refractivity contribution is -0.105. The van der Waals surface area contributed by atoms with Gasteiger partial charge in [0, 0.05) is 39.3 Å². The zero-order valence-electron chi connectivity index (χ0n) is 26.9. The van der Waals surface area contributed by atoms with Crippen molar-refractivity contribution in [2.45, 2.75) is 98.4 Å². The lowest BCUT2D eigenvalue weighted by Crippen LogP contribution is -2.36. The molecule has 0 bridgehead atoms. The van der Waals surface area contributed by atoms with Gasteiger partial charge in [-0.05, 0) is 67.0 Å². The number of nitrogens with one attached hydrogen (secondary N) is 2. The smallest absolute Gasteiger partial charge is 0.273 e. The minimum atomic E-state index is -0.343. The Morgan fingerprint density at radius 3 is 2.48 bits per heavy atom. The molecule has 0 saturated heterocycles. The van der Waals surface area contributed by atoms with E-state index in [9.17, 15) is 14.0 Å². The summed E-state index contributed by atoms with van der Waals surface area (Å²) in [4.78, 5) is 26.7. The topological polar surface area (TPSA) is 115 Å². The normalized spacial score (nSPS) is 12.8. The van der Waals surface area contributed by atoms with Gasteiger partial charge in [0.05, 0.1) is 0 Å². The number of carbonyl (C=O) groups excluding carboxylic acids is 2. The van der Waals surface area contributed by atoms with E-state index in [-0.39, 0.29) is 44.5 Å². The molecule has 0 spiro atoms. The number of pyridine rings is 1. The Bertz CT molecular complexity index is 1520. The standard InChI is InChI=1S/C20H23FN4O.C11H16N2O2.C2H6.HI.2H2/c1-5-6-13-10-22-18(23-11-26)9-15(13)14-7-16-19(17(21)8-14)24-25(4)20(16)12(2)3;1-8-7-10(13-15-8)11(14)12-9-5-3-2-4-6-9;1-2;;;/h7-12H,5-6H2,1-4H3,(H,22,23,26);7,9H,2-6H2,1H3,(H,12,14);1-2H3;3*1H. The minimum Gasteiger partial charge on any atom is -0.361 e. The highest BCUT2D eigenvalue weighted by Gasteiger charge is 2.19. The summed E-state index contributed by atoms with van der Waals surface area (Å²) >= 11 is 0. The third-order valence-electron chi connectivity index (χ3n) is 7.31. The molecule has 9 nitrogen and oxygen atoms in total. The van der Waals surface area contributed by atoms with Gasteiger partial charge < -0.3 is 15.2 Å². The summed E-state index contributed by atoms with van der Waals surface area (Å²) in [6.07, 6.45) is 10.00. The fourth-order valence-electron chi connectivity index (χ4n) is 5.45. The van der Waals surface area contributed by atoms with Crippen LogP contribution >= 0.6 is 24.0 Å². The molecule has 1 aliphatic rings. The molecular weight excluding hydrogens is 674 g/mol. The Hall–Kier alpha value is -3.35. The Balaban J connectivity index is 0.000000872. The number of fused-ring (bicyclic) bond motifs is 1. The van der Waals surface area contributed by atoms with Crippen LogP contribution in [-0.2, 0) is 18.3 Å². The molecule has 5 rings (SSSR count). The van der Waals surface area contributed by atoms with Gasteiger partial charge >= 0.3 is 0 Å². The van der Waals surface area contributed by atoms with Gasteiger partial charge in [-0.25, -0.2) is 9.37 Å². The fraction of sp³-hybridized carbons (Fsp3) is 0.485. The predicted molar refractivity (Wildman–Crippen MR) is 188 cm³/mol. The number of anilines is 1. The van der Waals surface area contributed by atoms with Crippen LogP contribution in [0.15, 0.2) is 35.0 Å². The lowest BCUT2D eigenvalue weighted by Gasteiger charge is -2.22. The number of carbonyl (C=O) groups is 2.